The van der Waals surface area contributed by atoms with Gasteiger partial charge in [-0.2, -0.15) is 0 Å². The zero-order valence-electron chi connectivity index (χ0n) is 19.6. The van der Waals surface area contributed by atoms with Crippen molar-refractivity contribution in [1.82, 2.24) is 10.3 Å². The number of aliphatic carboxylic acids is 1. The van der Waals surface area contributed by atoms with Crippen LogP contribution in [0.1, 0.15) is 49.4 Å². The van der Waals surface area contributed by atoms with Crippen LogP contribution in [0.2, 0.25) is 0 Å². The SMILES string of the molecule is C[C@H](CN[C@H](c1ccccc1F)[C@H]1CNc2cccnc2O1)c1cccc(C(C)(C)C(=O)O)c1. The fraction of sp³-hybridized carbons (Fsp3) is 0.333. The van der Waals surface area contributed by atoms with Crippen LogP contribution in [0.3, 0.4) is 0 Å². The van der Waals surface area contributed by atoms with Crippen LogP contribution in [0, 0.1) is 5.82 Å². The van der Waals surface area contributed by atoms with E-state index < -0.39 is 17.4 Å². The maximum Gasteiger partial charge on any atom is 0.313 e. The maximum atomic E-state index is 14.8. The minimum Gasteiger partial charge on any atom is -0.481 e. The van der Waals surface area contributed by atoms with Crippen LogP contribution in [0.4, 0.5) is 10.1 Å². The highest BCUT2D eigenvalue weighted by molar-refractivity contribution is 5.80. The molecule has 4 rings (SSSR count). The summed E-state index contributed by atoms with van der Waals surface area (Å²) in [5.74, 6) is -0.613. The van der Waals surface area contributed by atoms with Crippen molar-refractivity contribution in [3.63, 3.8) is 0 Å². The molecule has 6 nitrogen and oxygen atoms in total. The molecule has 0 saturated carbocycles. The van der Waals surface area contributed by atoms with E-state index in [4.69, 9.17) is 4.74 Å². The van der Waals surface area contributed by atoms with Crippen LogP contribution >= 0.6 is 0 Å². The third kappa shape index (κ3) is 4.89. The number of carbonyl (C=O) groups is 1. The first-order chi connectivity index (χ1) is 16.3. The molecule has 1 aliphatic heterocycles. The second kappa shape index (κ2) is 9.81. The molecule has 34 heavy (non-hydrogen) atoms. The molecule has 1 aliphatic rings. The first-order valence-corrected chi connectivity index (χ1v) is 11.4. The van der Waals surface area contributed by atoms with Crippen molar-refractivity contribution in [2.24, 2.45) is 0 Å². The topological polar surface area (TPSA) is 83.5 Å². The third-order valence-electron chi connectivity index (χ3n) is 6.50. The van der Waals surface area contributed by atoms with Gasteiger partial charge in [0, 0.05) is 18.3 Å². The molecule has 0 fully saturated rings. The number of fused-ring (bicyclic) bond motifs is 1. The summed E-state index contributed by atoms with van der Waals surface area (Å²) in [7, 11) is 0. The fourth-order valence-corrected chi connectivity index (χ4v) is 4.15. The number of benzene rings is 2. The monoisotopic (exact) mass is 463 g/mol. The average Bonchev–Trinajstić information content (AvgIpc) is 2.85. The van der Waals surface area contributed by atoms with E-state index in [9.17, 15) is 14.3 Å². The Balaban J connectivity index is 1.55. The minimum absolute atomic E-state index is 0.0563. The predicted octanol–water partition coefficient (Wildman–Crippen LogP) is 4.89. The molecule has 3 N–H and O–H groups in total. The van der Waals surface area contributed by atoms with E-state index in [1.54, 1.807) is 32.2 Å². The van der Waals surface area contributed by atoms with Crippen LogP contribution in [0.25, 0.3) is 0 Å². The summed E-state index contributed by atoms with van der Waals surface area (Å²) in [5, 5.41) is 16.4. The van der Waals surface area contributed by atoms with Crippen molar-refractivity contribution in [1.29, 1.82) is 0 Å². The predicted molar refractivity (Wildman–Crippen MR) is 130 cm³/mol. The average molecular weight is 464 g/mol. The largest absolute Gasteiger partial charge is 0.481 e. The molecule has 0 unspecified atom stereocenters. The lowest BCUT2D eigenvalue weighted by molar-refractivity contribution is -0.142. The van der Waals surface area contributed by atoms with Crippen molar-refractivity contribution < 1.29 is 19.0 Å². The molecule has 178 valence electrons. The summed E-state index contributed by atoms with van der Waals surface area (Å²) in [6, 6.07) is 17.7. The van der Waals surface area contributed by atoms with Gasteiger partial charge < -0.3 is 20.5 Å². The van der Waals surface area contributed by atoms with Gasteiger partial charge in [0.15, 0.2) is 0 Å². The molecular weight excluding hydrogens is 433 g/mol. The number of nitrogens with one attached hydrogen (secondary N) is 2. The zero-order chi connectivity index (χ0) is 24.3. The Kier molecular flexibility index (Phi) is 6.84. The van der Waals surface area contributed by atoms with Gasteiger partial charge in [-0.3, -0.25) is 4.79 Å². The van der Waals surface area contributed by atoms with Crippen molar-refractivity contribution in [2.75, 3.05) is 18.4 Å². The lowest BCUT2D eigenvalue weighted by Gasteiger charge is -2.34. The number of hydrogen-bond donors (Lipinski definition) is 3. The van der Waals surface area contributed by atoms with E-state index in [0.717, 1.165) is 16.8 Å². The van der Waals surface area contributed by atoms with E-state index >= 15 is 0 Å². The van der Waals surface area contributed by atoms with Crippen molar-refractivity contribution in [3.8, 4) is 5.88 Å². The number of rotatable bonds is 8. The van der Waals surface area contributed by atoms with E-state index in [1.807, 2.05) is 42.5 Å². The lowest BCUT2D eigenvalue weighted by Crippen LogP contribution is -2.44. The lowest BCUT2D eigenvalue weighted by atomic mass is 9.83. The van der Waals surface area contributed by atoms with Gasteiger partial charge in [-0.1, -0.05) is 49.4 Å². The number of carboxylic acids is 1. The van der Waals surface area contributed by atoms with Gasteiger partial charge in [0.25, 0.3) is 0 Å². The summed E-state index contributed by atoms with van der Waals surface area (Å²) < 4.78 is 21.0. The Morgan fingerprint density at radius 2 is 2.03 bits per heavy atom. The van der Waals surface area contributed by atoms with Crippen LogP contribution in [-0.4, -0.2) is 35.3 Å². The molecule has 1 aromatic heterocycles. The summed E-state index contributed by atoms with van der Waals surface area (Å²) in [5.41, 5.74) is 2.12. The highest BCUT2D eigenvalue weighted by atomic mass is 19.1. The molecule has 2 heterocycles. The van der Waals surface area contributed by atoms with E-state index in [-0.39, 0.29) is 17.8 Å². The summed E-state index contributed by atoms with van der Waals surface area (Å²) in [6.45, 7) is 6.51. The second-order valence-electron chi connectivity index (χ2n) is 9.26. The Hall–Kier alpha value is -3.45. The Labute approximate surface area is 199 Å². The first-order valence-electron chi connectivity index (χ1n) is 11.4. The van der Waals surface area contributed by atoms with Gasteiger partial charge in [0.05, 0.1) is 23.7 Å². The Bertz CT molecular complexity index is 1170. The number of hydrogen-bond acceptors (Lipinski definition) is 5. The molecule has 0 aliphatic carbocycles. The summed E-state index contributed by atoms with van der Waals surface area (Å²) >= 11 is 0. The number of nitrogens with zero attached hydrogens (tertiary/aromatic N) is 1. The molecule has 3 atom stereocenters. The molecule has 0 spiro atoms. The molecule has 0 bridgehead atoms. The molecule has 0 saturated heterocycles. The van der Waals surface area contributed by atoms with E-state index in [2.05, 4.69) is 22.5 Å². The highest BCUT2D eigenvalue weighted by Gasteiger charge is 2.32. The molecule has 0 amide bonds. The first kappa shape index (κ1) is 23.7. The van der Waals surface area contributed by atoms with Gasteiger partial charge in [0.1, 0.15) is 11.9 Å². The van der Waals surface area contributed by atoms with E-state index in [0.29, 0.717) is 24.5 Å². The number of aromatic nitrogens is 1. The number of anilines is 1. The van der Waals surface area contributed by atoms with Gasteiger partial charge in [-0.05, 0) is 49.1 Å². The zero-order valence-corrected chi connectivity index (χ0v) is 19.6. The standard InChI is InChI=1S/C27H30FN3O3/c1-17(18-8-6-9-19(14-18)27(2,3)26(32)33)15-31-24(20-10-4-5-11-21(20)28)23-16-30-22-12-7-13-29-25(22)34-23/h4-14,17,23-24,30-31H,15-16H2,1-3H3,(H,32,33)/t17-,23-,24-/m1/s1. The summed E-state index contributed by atoms with van der Waals surface area (Å²) in [6.07, 6.45) is 1.30. The molecule has 0 radical (unpaired) electrons. The van der Waals surface area contributed by atoms with E-state index in [1.165, 1.54) is 6.07 Å². The Morgan fingerprint density at radius 1 is 1.24 bits per heavy atom. The van der Waals surface area contributed by atoms with Crippen LogP contribution in [-0.2, 0) is 10.2 Å². The minimum atomic E-state index is -0.985. The third-order valence-corrected chi connectivity index (χ3v) is 6.50. The smallest absolute Gasteiger partial charge is 0.313 e. The van der Waals surface area contributed by atoms with Crippen molar-refractivity contribution in [2.45, 2.75) is 44.2 Å². The van der Waals surface area contributed by atoms with Gasteiger partial charge >= 0.3 is 5.97 Å². The van der Waals surface area contributed by atoms with Gasteiger partial charge in [-0.25, -0.2) is 9.37 Å². The highest BCUT2D eigenvalue weighted by Crippen LogP contribution is 2.32. The van der Waals surface area contributed by atoms with Crippen molar-refractivity contribution >= 4 is 11.7 Å². The quantitative estimate of drug-likeness (QED) is 0.441. The Morgan fingerprint density at radius 3 is 2.79 bits per heavy atom. The van der Waals surface area contributed by atoms with Crippen LogP contribution < -0.4 is 15.4 Å². The van der Waals surface area contributed by atoms with Crippen LogP contribution in [0.5, 0.6) is 5.88 Å². The van der Waals surface area contributed by atoms with Crippen LogP contribution in [0.15, 0.2) is 66.9 Å². The molecule has 3 aromatic rings. The number of ether oxygens (including phenoxy) is 1. The normalized spacial score (nSPS) is 17.1. The molecule has 2 aromatic carbocycles. The number of halogens is 1. The van der Waals surface area contributed by atoms with Crippen molar-refractivity contribution in [3.05, 3.63) is 89.4 Å². The maximum absolute atomic E-state index is 14.8. The number of carboxylic acid groups (broad SMARTS) is 1. The molecular formula is C27H30FN3O3. The molecule has 7 heteroatoms. The fourth-order valence-electron chi connectivity index (χ4n) is 4.15. The number of pyridine rings is 1. The second-order valence-corrected chi connectivity index (χ2v) is 9.26. The summed E-state index contributed by atoms with van der Waals surface area (Å²) in [4.78, 5) is 16.0. The van der Waals surface area contributed by atoms with Gasteiger partial charge in [0.2, 0.25) is 5.88 Å². The van der Waals surface area contributed by atoms with Gasteiger partial charge in [-0.15, -0.1) is 0 Å².